The van der Waals surface area contributed by atoms with E-state index in [0.29, 0.717) is 22.0 Å². The summed E-state index contributed by atoms with van der Waals surface area (Å²) >= 11 is 1.08. The molecule has 2 amide bonds. The number of fused-ring (bicyclic) bond motifs is 1. The van der Waals surface area contributed by atoms with Gasteiger partial charge in [0.25, 0.3) is 5.91 Å². The molecule has 0 unspecified atom stereocenters. The van der Waals surface area contributed by atoms with E-state index in [1.807, 2.05) is 6.07 Å². The maximum atomic E-state index is 11.9. The van der Waals surface area contributed by atoms with Crippen molar-refractivity contribution in [3.05, 3.63) is 52.1 Å². The second kappa shape index (κ2) is 6.30. The van der Waals surface area contributed by atoms with Crippen LogP contribution in [-0.4, -0.2) is 23.0 Å². The van der Waals surface area contributed by atoms with Crippen LogP contribution in [0.25, 0.3) is 17.4 Å². The molecular formula is C18H12N2O5S. The molecule has 0 fully saturated rings. The largest absolute Gasteiger partial charge is 0.457 e. The monoisotopic (exact) mass is 368 g/mol. The SMILES string of the molecule is CC(=O)NC1=NC(=O)/C(=C/c2ccc(-c3ccc4c(c3)COC4=O)o2)S1. The fraction of sp³-hybridized carbons (Fsp3) is 0.111. The summed E-state index contributed by atoms with van der Waals surface area (Å²) in [5.74, 6) is 0.0677. The van der Waals surface area contributed by atoms with E-state index in [1.165, 1.54) is 6.92 Å². The maximum absolute atomic E-state index is 11.9. The van der Waals surface area contributed by atoms with Gasteiger partial charge in [0.1, 0.15) is 18.1 Å². The van der Waals surface area contributed by atoms with Gasteiger partial charge < -0.3 is 14.5 Å². The highest BCUT2D eigenvalue weighted by Gasteiger charge is 2.24. The Morgan fingerprint density at radius 2 is 2.12 bits per heavy atom. The zero-order valence-corrected chi connectivity index (χ0v) is 14.4. The molecule has 0 bridgehead atoms. The van der Waals surface area contributed by atoms with Gasteiger partial charge in [0.2, 0.25) is 5.91 Å². The van der Waals surface area contributed by atoms with Crippen LogP contribution in [0.4, 0.5) is 0 Å². The molecule has 0 saturated carbocycles. The molecule has 2 aliphatic heterocycles. The Hall–Kier alpha value is -3.13. The number of carbonyl (C=O) groups is 3. The van der Waals surface area contributed by atoms with E-state index >= 15 is 0 Å². The molecule has 2 aromatic rings. The standard InChI is InChI=1S/C18H12N2O5S/c1-9(21)19-18-20-16(22)15(26-18)7-12-3-5-14(25-12)10-2-4-13-11(6-10)8-24-17(13)23/h2-7H,8H2,1H3,(H,19,20,21,22)/b15-7-. The summed E-state index contributed by atoms with van der Waals surface area (Å²) in [6.07, 6.45) is 1.58. The second-order valence-corrected chi connectivity index (χ2v) is 6.69. The van der Waals surface area contributed by atoms with Crippen molar-refractivity contribution in [2.24, 2.45) is 4.99 Å². The van der Waals surface area contributed by atoms with E-state index in [9.17, 15) is 14.4 Å². The molecule has 0 radical (unpaired) electrons. The molecule has 0 aliphatic carbocycles. The number of nitrogens with one attached hydrogen (secondary N) is 1. The first-order valence-electron chi connectivity index (χ1n) is 7.70. The van der Waals surface area contributed by atoms with Gasteiger partial charge in [-0.05, 0) is 36.0 Å². The highest BCUT2D eigenvalue weighted by Crippen LogP contribution is 2.31. The van der Waals surface area contributed by atoms with Gasteiger partial charge in [0, 0.05) is 24.1 Å². The first-order chi connectivity index (χ1) is 12.5. The van der Waals surface area contributed by atoms with Crippen LogP contribution in [0, 0.1) is 0 Å². The Morgan fingerprint density at radius 1 is 1.27 bits per heavy atom. The van der Waals surface area contributed by atoms with E-state index < -0.39 is 5.91 Å². The van der Waals surface area contributed by atoms with E-state index in [2.05, 4.69) is 10.3 Å². The van der Waals surface area contributed by atoms with E-state index in [0.717, 1.165) is 22.9 Å². The Kier molecular flexibility index (Phi) is 3.96. The molecule has 130 valence electrons. The summed E-state index contributed by atoms with van der Waals surface area (Å²) in [5, 5.41) is 2.74. The van der Waals surface area contributed by atoms with E-state index in [4.69, 9.17) is 9.15 Å². The van der Waals surface area contributed by atoms with Crippen molar-refractivity contribution < 1.29 is 23.5 Å². The maximum Gasteiger partial charge on any atom is 0.338 e. The fourth-order valence-corrected chi connectivity index (χ4v) is 3.45. The lowest BCUT2D eigenvalue weighted by Crippen LogP contribution is -2.23. The minimum absolute atomic E-state index is 0.254. The average Bonchev–Trinajstić information content (AvgIpc) is 3.28. The van der Waals surface area contributed by atoms with Crippen molar-refractivity contribution in [3.63, 3.8) is 0 Å². The minimum atomic E-state index is -0.426. The van der Waals surface area contributed by atoms with Gasteiger partial charge in [-0.2, -0.15) is 4.99 Å². The number of carbonyl (C=O) groups excluding carboxylic acids is 3. The van der Waals surface area contributed by atoms with Crippen molar-refractivity contribution in [3.8, 4) is 11.3 Å². The third-order valence-corrected chi connectivity index (χ3v) is 4.67. The van der Waals surface area contributed by atoms with E-state index in [1.54, 1.807) is 30.3 Å². The van der Waals surface area contributed by atoms with Gasteiger partial charge in [0.15, 0.2) is 5.17 Å². The highest BCUT2D eigenvalue weighted by atomic mass is 32.2. The number of amides is 2. The predicted octanol–water partition coefficient (Wildman–Crippen LogP) is 2.72. The molecule has 0 spiro atoms. The molecule has 2 aliphatic rings. The number of aliphatic imine (C=N–C) groups is 1. The minimum Gasteiger partial charge on any atom is -0.457 e. The van der Waals surface area contributed by atoms with Crippen LogP contribution >= 0.6 is 11.8 Å². The Bertz CT molecular complexity index is 1020. The number of rotatable bonds is 2. The number of amidine groups is 1. The van der Waals surface area contributed by atoms with Crippen molar-refractivity contribution in [1.29, 1.82) is 0 Å². The average molecular weight is 368 g/mol. The van der Waals surface area contributed by atoms with E-state index in [-0.39, 0.29) is 23.7 Å². The van der Waals surface area contributed by atoms with Crippen LogP contribution in [-0.2, 0) is 20.9 Å². The van der Waals surface area contributed by atoms with Crippen LogP contribution in [0.1, 0.15) is 28.6 Å². The van der Waals surface area contributed by atoms with Crippen LogP contribution in [0.15, 0.2) is 44.6 Å². The molecular weight excluding hydrogens is 356 g/mol. The van der Waals surface area contributed by atoms with Gasteiger partial charge >= 0.3 is 5.97 Å². The molecule has 0 saturated heterocycles. The van der Waals surface area contributed by atoms with Crippen LogP contribution < -0.4 is 5.32 Å². The first-order valence-corrected chi connectivity index (χ1v) is 8.51. The fourth-order valence-electron chi connectivity index (χ4n) is 2.61. The molecule has 7 nitrogen and oxygen atoms in total. The number of hydrogen-bond acceptors (Lipinski definition) is 6. The molecule has 1 N–H and O–H groups in total. The van der Waals surface area contributed by atoms with Gasteiger partial charge in [0.05, 0.1) is 10.5 Å². The molecule has 26 heavy (non-hydrogen) atoms. The van der Waals surface area contributed by atoms with Crippen LogP contribution in [0.2, 0.25) is 0 Å². The highest BCUT2D eigenvalue weighted by molar-refractivity contribution is 8.18. The Labute approximate surface area is 152 Å². The predicted molar refractivity (Wildman–Crippen MR) is 95.1 cm³/mol. The summed E-state index contributed by atoms with van der Waals surface area (Å²) in [4.78, 5) is 38.6. The van der Waals surface area contributed by atoms with Gasteiger partial charge in [-0.1, -0.05) is 6.07 Å². The molecule has 1 aromatic heterocycles. The molecule has 4 rings (SSSR count). The van der Waals surface area contributed by atoms with Crippen LogP contribution in [0.5, 0.6) is 0 Å². The number of benzene rings is 1. The van der Waals surface area contributed by atoms with Crippen molar-refractivity contribution in [2.75, 3.05) is 0 Å². The van der Waals surface area contributed by atoms with Crippen molar-refractivity contribution in [2.45, 2.75) is 13.5 Å². The number of nitrogens with zero attached hydrogens (tertiary/aromatic N) is 1. The van der Waals surface area contributed by atoms with Crippen molar-refractivity contribution >= 4 is 40.8 Å². The smallest absolute Gasteiger partial charge is 0.338 e. The lowest BCUT2D eigenvalue weighted by atomic mass is 10.0. The zero-order valence-electron chi connectivity index (χ0n) is 13.6. The number of ether oxygens (including phenoxy) is 1. The number of esters is 1. The second-order valence-electron chi connectivity index (χ2n) is 5.66. The lowest BCUT2D eigenvalue weighted by molar-refractivity contribution is -0.117. The Balaban J connectivity index is 1.55. The Morgan fingerprint density at radius 3 is 2.92 bits per heavy atom. The molecule has 8 heteroatoms. The number of hydrogen-bond donors (Lipinski definition) is 1. The third-order valence-electron chi connectivity index (χ3n) is 3.77. The third kappa shape index (κ3) is 3.06. The summed E-state index contributed by atoms with van der Waals surface area (Å²) in [6.45, 7) is 1.61. The topological polar surface area (TPSA) is 98.0 Å². The quantitative estimate of drug-likeness (QED) is 0.646. The first kappa shape index (κ1) is 16.3. The summed E-state index contributed by atoms with van der Waals surface area (Å²) < 4.78 is 10.8. The summed E-state index contributed by atoms with van der Waals surface area (Å²) in [7, 11) is 0. The summed E-state index contributed by atoms with van der Waals surface area (Å²) in [5.41, 5.74) is 2.20. The van der Waals surface area contributed by atoms with Gasteiger partial charge in [-0.25, -0.2) is 4.79 Å². The molecule has 0 atom stereocenters. The van der Waals surface area contributed by atoms with Gasteiger partial charge in [-0.3, -0.25) is 9.59 Å². The number of cyclic esters (lactones) is 1. The lowest BCUT2D eigenvalue weighted by Gasteiger charge is -1.99. The number of thioether (sulfide) groups is 1. The molecule has 3 heterocycles. The number of furan rings is 1. The van der Waals surface area contributed by atoms with Crippen LogP contribution in [0.3, 0.4) is 0 Å². The summed E-state index contributed by atoms with van der Waals surface area (Å²) in [6, 6.07) is 8.87. The zero-order chi connectivity index (χ0) is 18.3. The molecule has 1 aromatic carbocycles. The van der Waals surface area contributed by atoms with Crippen molar-refractivity contribution in [1.82, 2.24) is 5.32 Å². The van der Waals surface area contributed by atoms with Gasteiger partial charge in [-0.15, -0.1) is 0 Å². The normalized spacial score (nSPS) is 17.3.